The molecule has 2 aromatic rings. The van der Waals surface area contributed by atoms with Crippen LogP contribution in [0.4, 0.5) is 8.78 Å². The Kier molecular flexibility index (Phi) is 4.89. The lowest BCUT2D eigenvalue weighted by atomic mass is 9.97. The molecule has 1 aromatic heterocycles. The Hall–Kier alpha value is -1.14. The number of rotatable bonds is 5. The largest absolute Gasteiger partial charge is 0.439 e. The number of ether oxygens (including phenoxy) is 2. The van der Waals surface area contributed by atoms with Crippen LogP contribution in [0.25, 0.3) is 0 Å². The fourth-order valence-corrected chi connectivity index (χ4v) is 2.97. The molecule has 3 rings (SSSR count). The van der Waals surface area contributed by atoms with Crippen molar-refractivity contribution in [2.45, 2.75) is 22.2 Å². The summed E-state index contributed by atoms with van der Waals surface area (Å²) < 4.78 is 34.7. The summed E-state index contributed by atoms with van der Waals surface area (Å²) in [6.07, 6.45) is -1.27. The SMILES string of the molecule is FC(F)c1ccc(Oc2cccc(C3(CC(Cl)(Cl)Cl)CO3)c2)nc1. The third kappa shape index (κ3) is 4.28. The summed E-state index contributed by atoms with van der Waals surface area (Å²) in [6.45, 7) is 0.450. The second kappa shape index (κ2) is 6.64. The molecule has 24 heavy (non-hydrogen) atoms. The summed E-state index contributed by atoms with van der Waals surface area (Å²) in [6, 6.07) is 9.76. The Balaban J connectivity index is 1.76. The van der Waals surface area contributed by atoms with E-state index in [9.17, 15) is 8.78 Å². The van der Waals surface area contributed by atoms with Gasteiger partial charge in [-0.3, -0.25) is 0 Å². The van der Waals surface area contributed by atoms with Crippen molar-refractivity contribution < 1.29 is 18.3 Å². The first kappa shape index (κ1) is 17.7. The fourth-order valence-electron chi connectivity index (χ4n) is 2.33. The highest BCUT2D eigenvalue weighted by molar-refractivity contribution is 6.67. The number of benzene rings is 1. The molecule has 0 saturated carbocycles. The summed E-state index contributed by atoms with van der Waals surface area (Å²) >= 11 is 17.6. The van der Waals surface area contributed by atoms with Crippen LogP contribution in [0.3, 0.4) is 0 Å². The van der Waals surface area contributed by atoms with Gasteiger partial charge in [0.15, 0.2) is 3.79 Å². The maximum absolute atomic E-state index is 12.5. The van der Waals surface area contributed by atoms with Gasteiger partial charge in [-0.25, -0.2) is 13.8 Å². The van der Waals surface area contributed by atoms with E-state index in [0.29, 0.717) is 12.4 Å². The average molecular weight is 395 g/mol. The van der Waals surface area contributed by atoms with Gasteiger partial charge in [-0.15, -0.1) is 0 Å². The van der Waals surface area contributed by atoms with E-state index in [1.54, 1.807) is 18.2 Å². The summed E-state index contributed by atoms with van der Waals surface area (Å²) in [5.41, 5.74) is 0.0112. The number of hydrogen-bond donors (Lipinski definition) is 0. The van der Waals surface area contributed by atoms with Crippen molar-refractivity contribution in [3.8, 4) is 11.6 Å². The molecular weight excluding hydrogens is 383 g/mol. The highest BCUT2D eigenvalue weighted by Gasteiger charge is 2.51. The topological polar surface area (TPSA) is 34.6 Å². The van der Waals surface area contributed by atoms with Crippen molar-refractivity contribution in [3.63, 3.8) is 0 Å². The van der Waals surface area contributed by atoms with Crippen LogP contribution in [0.5, 0.6) is 11.6 Å². The van der Waals surface area contributed by atoms with E-state index in [1.807, 2.05) is 6.07 Å². The number of epoxide rings is 1. The predicted molar refractivity (Wildman–Crippen MR) is 88.2 cm³/mol. The number of hydrogen-bond acceptors (Lipinski definition) is 3. The number of alkyl halides is 5. The van der Waals surface area contributed by atoms with Crippen LogP contribution in [0.2, 0.25) is 0 Å². The first-order valence-corrected chi connectivity index (χ1v) is 8.14. The fraction of sp³-hybridized carbons (Fsp3) is 0.312. The molecule has 0 spiro atoms. The third-order valence-corrected chi connectivity index (χ3v) is 3.97. The molecule has 8 heteroatoms. The van der Waals surface area contributed by atoms with Crippen molar-refractivity contribution >= 4 is 34.8 Å². The zero-order chi connectivity index (χ0) is 17.4. The first-order valence-electron chi connectivity index (χ1n) is 7.01. The quantitative estimate of drug-likeness (QED) is 0.475. The minimum absolute atomic E-state index is 0.163. The molecule has 0 amide bonds. The molecule has 1 unspecified atom stereocenters. The number of aromatic nitrogens is 1. The number of nitrogens with zero attached hydrogens (tertiary/aromatic N) is 1. The normalized spacial score (nSPS) is 20.2. The number of pyridine rings is 1. The van der Waals surface area contributed by atoms with Gasteiger partial charge in [0.1, 0.15) is 11.4 Å². The van der Waals surface area contributed by atoms with Crippen LogP contribution in [-0.2, 0) is 10.3 Å². The van der Waals surface area contributed by atoms with Crippen molar-refractivity contribution in [3.05, 3.63) is 53.7 Å². The zero-order valence-electron chi connectivity index (χ0n) is 12.2. The Bertz CT molecular complexity index is 716. The molecule has 0 N–H and O–H groups in total. The minimum Gasteiger partial charge on any atom is -0.439 e. The molecule has 1 fully saturated rings. The summed E-state index contributed by atoms with van der Waals surface area (Å²) in [7, 11) is 0. The lowest BCUT2D eigenvalue weighted by molar-refractivity contribution is 0.151. The van der Waals surface area contributed by atoms with E-state index in [1.165, 1.54) is 12.1 Å². The van der Waals surface area contributed by atoms with Gasteiger partial charge in [-0.2, -0.15) is 0 Å². The molecule has 1 atom stereocenters. The highest BCUT2D eigenvalue weighted by atomic mass is 35.6. The van der Waals surface area contributed by atoms with Gasteiger partial charge in [-0.05, 0) is 23.8 Å². The first-order chi connectivity index (χ1) is 11.3. The molecule has 0 aliphatic carbocycles. The molecule has 3 nitrogen and oxygen atoms in total. The molecule has 1 aliphatic heterocycles. The van der Waals surface area contributed by atoms with Gasteiger partial charge >= 0.3 is 0 Å². The molecular formula is C16H12Cl3F2NO2. The summed E-state index contributed by atoms with van der Waals surface area (Å²) in [5.74, 6) is 0.702. The summed E-state index contributed by atoms with van der Waals surface area (Å²) in [5, 5.41) is 0. The second-order valence-electron chi connectivity index (χ2n) is 5.44. The average Bonchev–Trinajstić information content (AvgIpc) is 3.27. The van der Waals surface area contributed by atoms with Gasteiger partial charge in [0, 0.05) is 24.2 Å². The maximum Gasteiger partial charge on any atom is 0.265 e. The molecule has 1 saturated heterocycles. The Labute approximate surface area is 152 Å². The lowest BCUT2D eigenvalue weighted by Gasteiger charge is -2.18. The van der Waals surface area contributed by atoms with E-state index in [-0.39, 0.29) is 17.9 Å². The van der Waals surface area contributed by atoms with Gasteiger partial charge in [0.2, 0.25) is 5.88 Å². The molecule has 0 radical (unpaired) electrons. The van der Waals surface area contributed by atoms with Crippen molar-refractivity contribution in [2.75, 3.05) is 6.61 Å². The Morgan fingerprint density at radius 3 is 2.54 bits per heavy atom. The van der Waals surface area contributed by atoms with Crippen molar-refractivity contribution in [1.29, 1.82) is 0 Å². The maximum atomic E-state index is 12.5. The second-order valence-corrected chi connectivity index (χ2v) is 7.95. The molecule has 1 aromatic carbocycles. The summed E-state index contributed by atoms with van der Waals surface area (Å²) in [4.78, 5) is 3.87. The van der Waals surface area contributed by atoms with Crippen LogP contribution >= 0.6 is 34.8 Å². The third-order valence-electron chi connectivity index (χ3n) is 3.57. The van der Waals surface area contributed by atoms with Crippen molar-refractivity contribution in [2.24, 2.45) is 0 Å². The van der Waals surface area contributed by atoms with E-state index in [2.05, 4.69) is 4.98 Å². The van der Waals surface area contributed by atoms with Crippen LogP contribution in [-0.4, -0.2) is 15.4 Å². The zero-order valence-corrected chi connectivity index (χ0v) is 14.5. The van der Waals surface area contributed by atoms with Gasteiger partial charge < -0.3 is 9.47 Å². The Morgan fingerprint density at radius 2 is 2.00 bits per heavy atom. The van der Waals surface area contributed by atoms with E-state index >= 15 is 0 Å². The van der Waals surface area contributed by atoms with Gasteiger partial charge in [0.05, 0.1) is 6.61 Å². The van der Waals surface area contributed by atoms with Crippen LogP contribution < -0.4 is 4.74 Å². The standard InChI is InChI=1S/C16H12Cl3F2NO2/c17-16(18,19)8-15(9-23-15)11-2-1-3-12(6-11)24-13-5-4-10(7-22-13)14(20)21/h1-7,14H,8-9H2. The highest BCUT2D eigenvalue weighted by Crippen LogP contribution is 2.50. The van der Waals surface area contributed by atoms with E-state index in [4.69, 9.17) is 44.3 Å². The smallest absolute Gasteiger partial charge is 0.265 e. The minimum atomic E-state index is -2.57. The predicted octanol–water partition coefficient (Wildman–Crippen LogP) is 5.80. The monoisotopic (exact) mass is 393 g/mol. The van der Waals surface area contributed by atoms with Crippen LogP contribution in [0.15, 0.2) is 42.6 Å². The molecule has 2 heterocycles. The molecule has 1 aliphatic rings. The lowest BCUT2D eigenvalue weighted by Crippen LogP contribution is -2.18. The Morgan fingerprint density at radius 1 is 1.25 bits per heavy atom. The van der Waals surface area contributed by atoms with Crippen LogP contribution in [0, 0.1) is 0 Å². The van der Waals surface area contributed by atoms with E-state index < -0.39 is 15.8 Å². The van der Waals surface area contributed by atoms with E-state index in [0.717, 1.165) is 11.8 Å². The van der Waals surface area contributed by atoms with Crippen molar-refractivity contribution in [1.82, 2.24) is 4.98 Å². The van der Waals surface area contributed by atoms with Crippen LogP contribution in [0.1, 0.15) is 24.0 Å². The van der Waals surface area contributed by atoms with Gasteiger partial charge in [0.25, 0.3) is 6.43 Å². The number of halogens is 5. The van der Waals surface area contributed by atoms with Gasteiger partial charge in [-0.1, -0.05) is 46.9 Å². The molecule has 128 valence electrons. The molecule has 0 bridgehead atoms.